The first-order valence-corrected chi connectivity index (χ1v) is 11.2. The van der Waals surface area contributed by atoms with Crippen LogP contribution in [0.1, 0.15) is 44.9 Å². The van der Waals surface area contributed by atoms with Gasteiger partial charge in [-0.05, 0) is 68.8 Å². The molecule has 0 fully saturated rings. The Kier molecular flexibility index (Phi) is 6.50. The molecular formula is C24H21BrN4O4. The van der Waals surface area contributed by atoms with E-state index in [-0.39, 0.29) is 24.8 Å². The normalized spacial score (nSPS) is 12.6. The fourth-order valence-electron chi connectivity index (χ4n) is 3.55. The Balaban J connectivity index is 1.27. The second-order valence-corrected chi connectivity index (χ2v) is 8.57. The SMILES string of the molecule is Cc1cc(C)nc(Nc2ccc(OC(=O)CCCN3C(=O)c4ccc(Br)cc4C3=O)cc2)n1. The Morgan fingerprint density at radius 2 is 1.64 bits per heavy atom. The van der Waals surface area contributed by atoms with Crippen molar-refractivity contribution in [1.82, 2.24) is 14.9 Å². The van der Waals surface area contributed by atoms with Crippen LogP contribution in [0.2, 0.25) is 0 Å². The van der Waals surface area contributed by atoms with Crippen LogP contribution in [0.4, 0.5) is 11.6 Å². The summed E-state index contributed by atoms with van der Waals surface area (Å²) >= 11 is 3.31. The Hall–Kier alpha value is -3.59. The van der Waals surface area contributed by atoms with Crippen LogP contribution in [0.3, 0.4) is 0 Å². The molecule has 0 saturated heterocycles. The summed E-state index contributed by atoms with van der Waals surface area (Å²) in [5.74, 6) is -0.227. The van der Waals surface area contributed by atoms with Gasteiger partial charge in [0.15, 0.2) is 0 Å². The molecule has 0 bridgehead atoms. The number of carbonyl (C=O) groups excluding carboxylic acids is 3. The van der Waals surface area contributed by atoms with Gasteiger partial charge in [0.2, 0.25) is 5.95 Å². The van der Waals surface area contributed by atoms with Crippen molar-refractivity contribution < 1.29 is 19.1 Å². The highest BCUT2D eigenvalue weighted by Crippen LogP contribution is 2.26. The zero-order valence-corrected chi connectivity index (χ0v) is 19.7. The Morgan fingerprint density at radius 3 is 2.33 bits per heavy atom. The quantitative estimate of drug-likeness (QED) is 0.283. The van der Waals surface area contributed by atoms with Crippen LogP contribution in [0.5, 0.6) is 5.75 Å². The summed E-state index contributed by atoms with van der Waals surface area (Å²) in [6, 6.07) is 13.7. The van der Waals surface area contributed by atoms with Gasteiger partial charge >= 0.3 is 5.97 Å². The lowest BCUT2D eigenvalue weighted by molar-refractivity contribution is -0.134. The second kappa shape index (κ2) is 9.50. The van der Waals surface area contributed by atoms with Crippen molar-refractivity contribution in [1.29, 1.82) is 0 Å². The van der Waals surface area contributed by atoms with E-state index in [1.54, 1.807) is 42.5 Å². The van der Waals surface area contributed by atoms with Gasteiger partial charge in [-0.25, -0.2) is 9.97 Å². The van der Waals surface area contributed by atoms with Crippen molar-refractivity contribution in [3.05, 3.63) is 75.5 Å². The van der Waals surface area contributed by atoms with E-state index in [9.17, 15) is 14.4 Å². The largest absolute Gasteiger partial charge is 0.427 e. The molecule has 8 nitrogen and oxygen atoms in total. The minimum atomic E-state index is -0.437. The monoisotopic (exact) mass is 508 g/mol. The predicted molar refractivity (Wildman–Crippen MR) is 126 cm³/mol. The van der Waals surface area contributed by atoms with E-state index in [2.05, 4.69) is 31.2 Å². The number of aryl methyl sites for hydroxylation is 2. The first-order valence-electron chi connectivity index (χ1n) is 10.4. The number of halogens is 1. The minimum Gasteiger partial charge on any atom is -0.427 e. The third-order valence-corrected chi connectivity index (χ3v) is 5.51. The van der Waals surface area contributed by atoms with Crippen LogP contribution in [-0.2, 0) is 4.79 Å². The number of hydrogen-bond donors (Lipinski definition) is 1. The van der Waals surface area contributed by atoms with E-state index in [0.717, 1.165) is 21.5 Å². The van der Waals surface area contributed by atoms with Crippen molar-refractivity contribution in [2.75, 3.05) is 11.9 Å². The standard InChI is InChI=1S/C24H21BrN4O4/c1-14-12-15(2)27-24(26-14)28-17-6-8-18(9-7-17)33-21(30)4-3-11-29-22(31)19-10-5-16(25)13-20(19)23(29)32/h5-10,12-13H,3-4,11H2,1-2H3,(H,26,27,28). The summed E-state index contributed by atoms with van der Waals surface area (Å²) in [4.78, 5) is 47.0. The molecule has 0 spiro atoms. The Bertz CT molecular complexity index is 1220. The van der Waals surface area contributed by atoms with Crippen LogP contribution >= 0.6 is 15.9 Å². The van der Waals surface area contributed by atoms with Crippen molar-refractivity contribution in [2.45, 2.75) is 26.7 Å². The average molecular weight is 509 g/mol. The molecule has 1 aliphatic heterocycles. The number of fused-ring (bicyclic) bond motifs is 1. The van der Waals surface area contributed by atoms with Gasteiger partial charge in [-0.15, -0.1) is 0 Å². The van der Waals surface area contributed by atoms with E-state index in [1.807, 2.05) is 19.9 Å². The molecule has 2 amide bonds. The lowest BCUT2D eigenvalue weighted by atomic mass is 10.1. The van der Waals surface area contributed by atoms with Crippen LogP contribution in [0.25, 0.3) is 0 Å². The lowest BCUT2D eigenvalue weighted by Gasteiger charge is -2.13. The van der Waals surface area contributed by atoms with Crippen molar-refractivity contribution in [3.63, 3.8) is 0 Å². The smallest absolute Gasteiger partial charge is 0.311 e. The van der Waals surface area contributed by atoms with Gasteiger partial charge in [0.25, 0.3) is 11.8 Å². The first kappa shape index (κ1) is 22.6. The molecular weight excluding hydrogens is 488 g/mol. The van der Waals surface area contributed by atoms with Gasteiger partial charge in [0, 0.05) is 34.5 Å². The summed E-state index contributed by atoms with van der Waals surface area (Å²) < 4.78 is 6.09. The molecule has 1 aromatic heterocycles. The lowest BCUT2D eigenvalue weighted by Crippen LogP contribution is -2.31. The number of hydrogen-bond acceptors (Lipinski definition) is 7. The highest BCUT2D eigenvalue weighted by Gasteiger charge is 2.35. The van der Waals surface area contributed by atoms with Crippen molar-refractivity contribution in [2.24, 2.45) is 0 Å². The van der Waals surface area contributed by atoms with E-state index in [4.69, 9.17) is 4.74 Å². The summed E-state index contributed by atoms with van der Waals surface area (Å²) in [6.07, 6.45) is 0.392. The van der Waals surface area contributed by atoms with Crippen LogP contribution < -0.4 is 10.1 Å². The summed E-state index contributed by atoms with van der Waals surface area (Å²) in [5, 5.41) is 3.12. The Morgan fingerprint density at radius 1 is 0.970 bits per heavy atom. The maximum absolute atomic E-state index is 12.5. The predicted octanol–water partition coefficient (Wildman–Crippen LogP) is 4.58. The molecule has 2 aromatic carbocycles. The van der Waals surface area contributed by atoms with E-state index >= 15 is 0 Å². The van der Waals surface area contributed by atoms with Crippen molar-refractivity contribution >= 4 is 45.3 Å². The molecule has 0 radical (unpaired) electrons. The zero-order chi connectivity index (χ0) is 23.5. The number of imide groups is 1. The molecule has 0 unspecified atom stereocenters. The molecule has 0 aliphatic carbocycles. The molecule has 2 heterocycles. The first-order chi connectivity index (χ1) is 15.8. The molecule has 33 heavy (non-hydrogen) atoms. The van der Waals surface area contributed by atoms with Gasteiger partial charge in [-0.3, -0.25) is 19.3 Å². The highest BCUT2D eigenvalue weighted by atomic mass is 79.9. The Labute approximate surface area is 199 Å². The molecule has 0 saturated carbocycles. The van der Waals surface area contributed by atoms with Gasteiger partial charge in [0.1, 0.15) is 5.75 Å². The van der Waals surface area contributed by atoms with Crippen LogP contribution in [0, 0.1) is 13.8 Å². The molecule has 4 rings (SSSR count). The molecule has 9 heteroatoms. The maximum atomic E-state index is 12.5. The number of nitrogens with zero attached hydrogens (tertiary/aromatic N) is 3. The van der Waals surface area contributed by atoms with Gasteiger partial charge < -0.3 is 10.1 Å². The number of benzene rings is 2. The molecule has 0 atom stereocenters. The molecule has 3 aromatic rings. The highest BCUT2D eigenvalue weighted by molar-refractivity contribution is 9.10. The average Bonchev–Trinajstić information content (AvgIpc) is 2.98. The molecule has 1 N–H and O–H groups in total. The van der Waals surface area contributed by atoms with E-state index < -0.39 is 5.97 Å². The number of rotatable bonds is 7. The minimum absolute atomic E-state index is 0.0769. The molecule has 168 valence electrons. The second-order valence-electron chi connectivity index (χ2n) is 7.65. The fraction of sp³-hybridized carbons (Fsp3) is 0.208. The number of aromatic nitrogens is 2. The third-order valence-electron chi connectivity index (χ3n) is 5.02. The summed E-state index contributed by atoms with van der Waals surface area (Å²) in [5.41, 5.74) is 3.24. The topological polar surface area (TPSA) is 101 Å². The zero-order valence-electron chi connectivity index (χ0n) is 18.1. The number of ether oxygens (including phenoxy) is 1. The number of anilines is 2. The van der Waals surface area contributed by atoms with Crippen molar-refractivity contribution in [3.8, 4) is 5.75 Å². The van der Waals surface area contributed by atoms with Crippen LogP contribution in [0.15, 0.2) is 53.0 Å². The number of carbonyl (C=O) groups is 3. The van der Waals surface area contributed by atoms with E-state index in [1.165, 1.54) is 4.90 Å². The molecule has 1 aliphatic rings. The third kappa shape index (κ3) is 5.25. The van der Waals surface area contributed by atoms with E-state index in [0.29, 0.717) is 29.2 Å². The van der Waals surface area contributed by atoms with Gasteiger partial charge in [0.05, 0.1) is 11.1 Å². The number of esters is 1. The van der Waals surface area contributed by atoms with Gasteiger partial charge in [-0.1, -0.05) is 15.9 Å². The van der Waals surface area contributed by atoms with Gasteiger partial charge in [-0.2, -0.15) is 0 Å². The summed E-state index contributed by atoms with van der Waals surface area (Å²) in [7, 11) is 0. The number of nitrogens with one attached hydrogen (secondary N) is 1. The number of amides is 2. The summed E-state index contributed by atoms with van der Waals surface area (Å²) in [6.45, 7) is 3.95. The fourth-order valence-corrected chi connectivity index (χ4v) is 3.91. The maximum Gasteiger partial charge on any atom is 0.311 e. The van der Waals surface area contributed by atoms with Crippen LogP contribution in [-0.4, -0.2) is 39.2 Å².